The largest absolute Gasteiger partial charge is 0.462 e. The van der Waals surface area contributed by atoms with Gasteiger partial charge in [-0.15, -0.1) is 5.10 Å². The number of carbonyl (C=O) groups excluding carboxylic acids is 1. The minimum Gasteiger partial charge on any atom is -0.462 e. The van der Waals surface area contributed by atoms with E-state index in [1.807, 2.05) is 0 Å². The number of rotatable bonds is 11. The minimum absolute atomic E-state index is 0.0439. The van der Waals surface area contributed by atoms with Crippen LogP contribution in [0.5, 0.6) is 5.75 Å². The van der Waals surface area contributed by atoms with E-state index in [0.717, 1.165) is 0 Å². The highest BCUT2D eigenvalue weighted by Crippen LogP contribution is 2.44. The number of ether oxygens (including phenoxy) is 2. The molecule has 3 rings (SSSR count). The first kappa shape index (κ1) is 25.4. The van der Waals surface area contributed by atoms with Crippen LogP contribution in [0.4, 0.5) is 5.95 Å². The number of aromatic nitrogens is 4. The van der Waals surface area contributed by atoms with Gasteiger partial charge in [0.1, 0.15) is 18.1 Å². The van der Waals surface area contributed by atoms with Gasteiger partial charge >= 0.3 is 13.5 Å². The first-order valence-corrected chi connectivity index (χ1v) is 12.5. The zero-order valence-electron chi connectivity index (χ0n) is 19.4. The summed E-state index contributed by atoms with van der Waals surface area (Å²) in [6, 6.07) is 7.69. The predicted octanol–water partition coefficient (Wildman–Crippen LogP) is 2.11. The summed E-state index contributed by atoms with van der Waals surface area (Å²) in [6.45, 7) is 6.76. The maximum absolute atomic E-state index is 13.6. The SMILES string of the molecule is CC(C)OC(=O)[C@H](C)NP(=O)(COC(C)Cc1cnc2c(=O)[nH]c(N)nn12)Oc1ccccc1. The fourth-order valence-corrected chi connectivity index (χ4v) is 4.88. The number of hydrogen-bond acceptors (Lipinski definition) is 9. The zero-order valence-corrected chi connectivity index (χ0v) is 20.3. The van der Waals surface area contributed by atoms with Crippen molar-refractivity contribution in [2.24, 2.45) is 0 Å². The summed E-state index contributed by atoms with van der Waals surface area (Å²) >= 11 is 0. The quantitative estimate of drug-likeness (QED) is 0.267. The molecule has 12 nitrogen and oxygen atoms in total. The van der Waals surface area contributed by atoms with E-state index in [1.165, 1.54) is 10.7 Å². The number of anilines is 1. The monoisotopic (exact) mass is 492 g/mol. The Bertz CT molecular complexity index is 1230. The molecule has 2 aromatic heterocycles. The minimum atomic E-state index is -3.69. The summed E-state index contributed by atoms with van der Waals surface area (Å²) in [5.74, 6) is -0.239. The number of hydrogen-bond donors (Lipinski definition) is 3. The molecule has 0 spiro atoms. The van der Waals surface area contributed by atoms with Crippen LogP contribution >= 0.6 is 7.52 Å². The van der Waals surface area contributed by atoms with Crippen LogP contribution in [0.3, 0.4) is 0 Å². The molecule has 0 radical (unpaired) electrons. The molecule has 2 unspecified atom stereocenters. The lowest BCUT2D eigenvalue weighted by Crippen LogP contribution is -2.37. The molecule has 2 heterocycles. The van der Waals surface area contributed by atoms with Crippen LogP contribution in [0.15, 0.2) is 41.3 Å². The average molecular weight is 492 g/mol. The molecule has 0 bridgehead atoms. The summed E-state index contributed by atoms with van der Waals surface area (Å²) in [7, 11) is -3.69. The van der Waals surface area contributed by atoms with Crippen LogP contribution in [0.25, 0.3) is 5.65 Å². The molecule has 34 heavy (non-hydrogen) atoms. The Morgan fingerprint density at radius 3 is 2.62 bits per heavy atom. The Labute approximate surface area is 196 Å². The zero-order chi connectivity index (χ0) is 24.9. The number of nitrogen functional groups attached to an aromatic ring is 1. The van der Waals surface area contributed by atoms with Crippen molar-refractivity contribution in [3.05, 3.63) is 52.6 Å². The van der Waals surface area contributed by atoms with Crippen molar-refractivity contribution in [1.82, 2.24) is 24.7 Å². The number of fused-ring (bicyclic) bond motifs is 1. The normalized spacial score (nSPS) is 15.1. The number of esters is 1. The van der Waals surface area contributed by atoms with Gasteiger partial charge in [-0.3, -0.25) is 19.1 Å². The number of carbonyl (C=O) groups is 1. The highest BCUT2D eigenvalue weighted by atomic mass is 31.2. The van der Waals surface area contributed by atoms with Gasteiger partial charge in [0.05, 0.1) is 24.1 Å². The highest BCUT2D eigenvalue weighted by molar-refractivity contribution is 7.57. The summed E-state index contributed by atoms with van der Waals surface area (Å²) in [5, 5.41) is 6.82. The average Bonchev–Trinajstić information content (AvgIpc) is 3.15. The maximum Gasteiger partial charge on any atom is 0.342 e. The molecule has 0 saturated heterocycles. The second-order valence-electron chi connectivity index (χ2n) is 8.05. The van der Waals surface area contributed by atoms with Gasteiger partial charge in [0, 0.05) is 6.42 Å². The molecule has 0 amide bonds. The first-order chi connectivity index (χ1) is 16.1. The number of nitrogens with zero attached hydrogens (tertiary/aromatic N) is 3. The Morgan fingerprint density at radius 1 is 1.24 bits per heavy atom. The molecule has 184 valence electrons. The van der Waals surface area contributed by atoms with E-state index in [0.29, 0.717) is 17.9 Å². The lowest BCUT2D eigenvalue weighted by Gasteiger charge is -2.25. The van der Waals surface area contributed by atoms with Gasteiger partial charge in [-0.05, 0) is 39.8 Å². The third-order valence-corrected chi connectivity index (χ3v) is 6.35. The lowest BCUT2D eigenvalue weighted by molar-refractivity contribution is -0.149. The van der Waals surface area contributed by atoms with Crippen LogP contribution < -0.4 is 20.9 Å². The number of aromatic amines is 1. The van der Waals surface area contributed by atoms with E-state index >= 15 is 0 Å². The Balaban J connectivity index is 1.72. The van der Waals surface area contributed by atoms with Crippen molar-refractivity contribution in [3.63, 3.8) is 0 Å². The topological polar surface area (TPSA) is 163 Å². The van der Waals surface area contributed by atoms with Gasteiger partial charge in [-0.2, -0.15) is 0 Å². The van der Waals surface area contributed by atoms with Crippen molar-refractivity contribution >= 4 is 25.1 Å². The van der Waals surface area contributed by atoms with E-state index < -0.39 is 31.2 Å². The molecule has 3 atom stereocenters. The number of imidazole rings is 1. The van der Waals surface area contributed by atoms with Crippen LogP contribution in [-0.2, 0) is 25.3 Å². The Kier molecular flexibility index (Phi) is 8.08. The molecule has 13 heteroatoms. The summed E-state index contributed by atoms with van der Waals surface area (Å²) in [5.41, 5.74) is 5.86. The van der Waals surface area contributed by atoms with E-state index in [2.05, 4.69) is 20.2 Å². The maximum atomic E-state index is 13.6. The number of H-pyrrole nitrogens is 1. The Hall–Kier alpha value is -3.21. The molecule has 3 aromatic rings. The van der Waals surface area contributed by atoms with Gasteiger partial charge in [0.2, 0.25) is 11.6 Å². The second kappa shape index (κ2) is 10.8. The highest BCUT2D eigenvalue weighted by Gasteiger charge is 2.32. The van der Waals surface area contributed by atoms with Crippen molar-refractivity contribution in [2.45, 2.75) is 52.4 Å². The number of nitrogens with two attached hydrogens (primary N) is 1. The molecule has 0 aliphatic rings. The van der Waals surface area contributed by atoms with Gasteiger partial charge in [0.15, 0.2) is 0 Å². The molecule has 0 aliphatic carbocycles. The molecule has 0 saturated carbocycles. The van der Waals surface area contributed by atoms with Gasteiger partial charge in [0.25, 0.3) is 5.56 Å². The van der Waals surface area contributed by atoms with Crippen molar-refractivity contribution in [3.8, 4) is 5.75 Å². The fraction of sp³-hybridized carbons (Fsp3) is 0.429. The van der Waals surface area contributed by atoms with Crippen LogP contribution in [0, 0.1) is 0 Å². The molecule has 0 aliphatic heterocycles. The molecule has 4 N–H and O–H groups in total. The van der Waals surface area contributed by atoms with Gasteiger partial charge < -0.3 is 19.7 Å². The fourth-order valence-electron chi connectivity index (χ4n) is 3.09. The second-order valence-corrected chi connectivity index (χ2v) is 10.1. The standard InChI is InChI=1S/C21H29N6O6P/c1-13(2)32-20(29)15(4)26-34(30,33-17-8-6-5-7-9-17)12-31-14(3)10-16-11-23-18-19(28)24-21(22)25-27(16)18/h5-9,11,13-15H,10,12H2,1-4H3,(H,26,30)(H3,22,24,25,28)/t14?,15-,34?/m0/s1. The molecular formula is C21H29N6O6P. The first-order valence-electron chi connectivity index (χ1n) is 10.7. The number of benzene rings is 1. The van der Waals surface area contributed by atoms with Crippen LogP contribution in [-0.4, -0.2) is 50.1 Å². The smallest absolute Gasteiger partial charge is 0.342 e. The number of para-hydroxylation sites is 1. The van der Waals surface area contributed by atoms with Gasteiger partial charge in [-0.25, -0.2) is 14.6 Å². The van der Waals surface area contributed by atoms with E-state index in [9.17, 15) is 14.2 Å². The molecular weight excluding hydrogens is 463 g/mol. The van der Waals surface area contributed by atoms with E-state index in [4.69, 9.17) is 19.7 Å². The summed E-state index contributed by atoms with van der Waals surface area (Å²) < 4.78 is 31.7. The summed E-state index contributed by atoms with van der Waals surface area (Å²) in [4.78, 5) is 30.7. The van der Waals surface area contributed by atoms with E-state index in [1.54, 1.807) is 58.0 Å². The van der Waals surface area contributed by atoms with Crippen LogP contribution in [0.2, 0.25) is 0 Å². The lowest BCUT2D eigenvalue weighted by atomic mass is 10.2. The third-order valence-electron chi connectivity index (χ3n) is 4.58. The molecule has 1 aromatic carbocycles. The van der Waals surface area contributed by atoms with Crippen LogP contribution in [0.1, 0.15) is 33.4 Å². The number of nitrogens with one attached hydrogen (secondary N) is 2. The predicted molar refractivity (Wildman–Crippen MR) is 126 cm³/mol. The summed E-state index contributed by atoms with van der Waals surface area (Å²) in [6.07, 6.45) is 0.694. The molecule has 0 fully saturated rings. The van der Waals surface area contributed by atoms with Crippen molar-refractivity contribution < 1.29 is 23.4 Å². The van der Waals surface area contributed by atoms with Crippen molar-refractivity contribution in [1.29, 1.82) is 0 Å². The Morgan fingerprint density at radius 2 is 1.94 bits per heavy atom. The van der Waals surface area contributed by atoms with Crippen molar-refractivity contribution in [2.75, 3.05) is 12.1 Å². The third kappa shape index (κ3) is 6.66. The van der Waals surface area contributed by atoms with Gasteiger partial charge in [-0.1, -0.05) is 18.2 Å². The van der Waals surface area contributed by atoms with E-state index in [-0.39, 0.29) is 24.0 Å².